The minimum Gasteiger partial charge on any atom is -0.481 e. The molecule has 0 aliphatic heterocycles. The third-order valence-corrected chi connectivity index (χ3v) is 6.92. The molecule has 0 radical (unpaired) electrons. The summed E-state index contributed by atoms with van der Waals surface area (Å²) in [5.41, 5.74) is 0.886. The summed E-state index contributed by atoms with van der Waals surface area (Å²) in [6.45, 7) is 1.62. The molecule has 5 nitrogen and oxygen atoms in total. The van der Waals surface area contributed by atoms with Crippen molar-refractivity contribution in [2.45, 2.75) is 18.5 Å². The highest BCUT2D eigenvalue weighted by molar-refractivity contribution is 7.58. The summed E-state index contributed by atoms with van der Waals surface area (Å²) in [5, 5.41) is 10.7. The maximum Gasteiger partial charge on any atom is 0.312 e. The summed E-state index contributed by atoms with van der Waals surface area (Å²) in [4.78, 5) is 25.9. The van der Waals surface area contributed by atoms with E-state index in [-0.39, 0.29) is 6.16 Å². The van der Waals surface area contributed by atoms with Gasteiger partial charge in [0.25, 0.3) is 0 Å². The summed E-state index contributed by atoms with van der Waals surface area (Å²) in [6, 6.07) is 16.1. The predicted octanol–water partition coefficient (Wildman–Crippen LogP) is 4.37. The first-order chi connectivity index (χ1) is 12.0. The number of fused-ring (bicyclic) bond motifs is 1. The quantitative estimate of drug-likeness (QED) is 0.572. The Hall–Kier alpha value is -2.36. The first kappa shape index (κ1) is 17.5. The van der Waals surface area contributed by atoms with E-state index in [1.165, 1.54) is 0 Å². The monoisotopic (exact) mass is 357 g/mol. The Bertz CT molecular complexity index is 935. The van der Waals surface area contributed by atoms with Crippen molar-refractivity contribution < 1.29 is 19.4 Å². The van der Waals surface area contributed by atoms with Crippen molar-refractivity contribution in [2.75, 3.05) is 6.16 Å². The Kier molecular flexibility index (Phi) is 4.80. The topological polar surface area (TPSA) is 90.4 Å². The van der Waals surface area contributed by atoms with Crippen LogP contribution in [0.4, 0.5) is 0 Å². The number of hydrogen-bond donors (Lipinski definition) is 3. The fraction of sp³-hybridized carbons (Fsp3) is 0.211. The molecule has 3 unspecified atom stereocenters. The normalized spacial score (nSPS) is 16.2. The van der Waals surface area contributed by atoms with Crippen LogP contribution < -0.4 is 0 Å². The highest BCUT2D eigenvalue weighted by atomic mass is 31.2. The zero-order chi connectivity index (χ0) is 18.0. The number of carbonyl (C=O) groups is 1. The predicted molar refractivity (Wildman–Crippen MR) is 98.2 cm³/mol. The van der Waals surface area contributed by atoms with Crippen LogP contribution >= 0.6 is 7.37 Å². The molecule has 0 fully saturated rings. The lowest BCUT2D eigenvalue weighted by molar-refractivity contribution is -0.139. The van der Waals surface area contributed by atoms with Crippen molar-refractivity contribution >= 4 is 24.2 Å². The van der Waals surface area contributed by atoms with Crippen LogP contribution in [0.1, 0.15) is 29.6 Å². The third-order valence-electron chi connectivity index (χ3n) is 4.57. The minimum absolute atomic E-state index is 0.00773. The van der Waals surface area contributed by atoms with Gasteiger partial charge in [-0.3, -0.25) is 9.36 Å². The second kappa shape index (κ2) is 6.87. The Morgan fingerprint density at radius 1 is 1.12 bits per heavy atom. The number of carboxylic acids is 1. The molecule has 25 heavy (non-hydrogen) atoms. The van der Waals surface area contributed by atoms with Crippen LogP contribution in [-0.4, -0.2) is 27.1 Å². The second-order valence-corrected chi connectivity index (χ2v) is 8.73. The van der Waals surface area contributed by atoms with E-state index in [1.54, 1.807) is 43.5 Å². The molecule has 1 heterocycles. The number of benzene rings is 2. The van der Waals surface area contributed by atoms with Crippen molar-refractivity contribution in [1.82, 2.24) is 4.98 Å². The Labute approximate surface area is 145 Å². The van der Waals surface area contributed by atoms with Gasteiger partial charge < -0.3 is 15.0 Å². The maximum absolute atomic E-state index is 13.0. The lowest BCUT2D eigenvalue weighted by Gasteiger charge is -2.28. The van der Waals surface area contributed by atoms with Crippen LogP contribution in [0.3, 0.4) is 0 Å². The van der Waals surface area contributed by atoms with E-state index in [2.05, 4.69) is 4.98 Å². The average Bonchev–Trinajstić information content (AvgIpc) is 3.03. The van der Waals surface area contributed by atoms with Crippen LogP contribution in [0, 0.1) is 0 Å². The first-order valence-electron chi connectivity index (χ1n) is 8.11. The van der Waals surface area contributed by atoms with E-state index in [9.17, 15) is 19.4 Å². The molecule has 0 aliphatic rings. The molecular formula is C19H20NO4P. The van der Waals surface area contributed by atoms with Gasteiger partial charge in [-0.2, -0.15) is 0 Å². The van der Waals surface area contributed by atoms with Crippen molar-refractivity contribution in [1.29, 1.82) is 0 Å². The maximum atomic E-state index is 13.0. The standard InChI is InChI=1S/C19H20NO4P/c1-2-25(23,24)18(15-12-20-16-11-7-6-10-14(15)16)17(19(21)22)13-8-4-3-5-9-13/h3-12,17-18,20H,2H2,1H3,(H,21,22)(H,23,24). The summed E-state index contributed by atoms with van der Waals surface area (Å²) in [5.74, 6) is -2.21. The van der Waals surface area contributed by atoms with Gasteiger partial charge in [0.2, 0.25) is 7.37 Å². The Morgan fingerprint density at radius 2 is 1.76 bits per heavy atom. The number of H-pyrrole nitrogens is 1. The van der Waals surface area contributed by atoms with Crippen molar-refractivity contribution in [3.63, 3.8) is 0 Å². The number of rotatable bonds is 6. The van der Waals surface area contributed by atoms with E-state index in [0.717, 1.165) is 10.9 Å². The molecule has 6 heteroatoms. The highest BCUT2D eigenvalue weighted by Gasteiger charge is 2.43. The van der Waals surface area contributed by atoms with Crippen LogP contribution in [0.25, 0.3) is 10.9 Å². The number of carboxylic acid groups (broad SMARTS) is 1. The molecule has 130 valence electrons. The smallest absolute Gasteiger partial charge is 0.312 e. The van der Waals surface area contributed by atoms with Crippen LogP contribution in [0.15, 0.2) is 60.8 Å². The van der Waals surface area contributed by atoms with E-state index in [4.69, 9.17) is 0 Å². The van der Waals surface area contributed by atoms with Crippen LogP contribution in [0.5, 0.6) is 0 Å². The van der Waals surface area contributed by atoms with E-state index in [0.29, 0.717) is 11.1 Å². The summed E-state index contributed by atoms with van der Waals surface area (Å²) < 4.78 is 13.0. The van der Waals surface area contributed by atoms with Gasteiger partial charge in [0.1, 0.15) is 0 Å². The third kappa shape index (κ3) is 3.26. The zero-order valence-electron chi connectivity index (χ0n) is 13.8. The van der Waals surface area contributed by atoms with Crippen molar-refractivity contribution in [2.24, 2.45) is 0 Å². The van der Waals surface area contributed by atoms with Crippen LogP contribution in [0.2, 0.25) is 0 Å². The number of aromatic nitrogens is 1. The number of aliphatic carboxylic acids is 1. The van der Waals surface area contributed by atoms with Crippen molar-refractivity contribution in [3.8, 4) is 0 Å². The molecule has 0 aliphatic carbocycles. The van der Waals surface area contributed by atoms with E-state index >= 15 is 0 Å². The summed E-state index contributed by atoms with van der Waals surface area (Å²) >= 11 is 0. The molecule has 0 bridgehead atoms. The van der Waals surface area contributed by atoms with Gasteiger partial charge in [-0.1, -0.05) is 55.5 Å². The molecule has 3 aromatic rings. The number of para-hydroxylation sites is 1. The number of nitrogens with one attached hydrogen (secondary N) is 1. The van der Waals surface area contributed by atoms with Gasteiger partial charge in [0.05, 0.1) is 11.6 Å². The lowest BCUT2D eigenvalue weighted by Crippen LogP contribution is -2.21. The van der Waals surface area contributed by atoms with E-state index < -0.39 is 24.9 Å². The second-order valence-electron chi connectivity index (χ2n) is 6.03. The molecule has 1 aromatic heterocycles. The fourth-order valence-electron chi connectivity index (χ4n) is 3.29. The number of hydrogen-bond acceptors (Lipinski definition) is 2. The van der Waals surface area contributed by atoms with Gasteiger partial charge in [-0.15, -0.1) is 0 Å². The van der Waals surface area contributed by atoms with Gasteiger partial charge >= 0.3 is 5.97 Å². The number of aromatic amines is 1. The van der Waals surface area contributed by atoms with Gasteiger partial charge in [0.15, 0.2) is 0 Å². The summed E-state index contributed by atoms with van der Waals surface area (Å²) in [7, 11) is -3.75. The van der Waals surface area contributed by atoms with Gasteiger partial charge in [-0.05, 0) is 17.2 Å². The molecule has 0 amide bonds. The highest BCUT2D eigenvalue weighted by Crippen LogP contribution is 2.62. The molecule has 0 saturated heterocycles. The first-order valence-corrected chi connectivity index (χ1v) is 10.0. The molecule has 3 atom stereocenters. The van der Waals surface area contributed by atoms with Gasteiger partial charge in [-0.25, -0.2) is 0 Å². The Morgan fingerprint density at radius 3 is 2.40 bits per heavy atom. The SMILES string of the molecule is CCP(=O)(O)C(c1c[nH]c2ccccc12)C(C(=O)O)c1ccccc1. The minimum atomic E-state index is -3.75. The lowest BCUT2D eigenvalue weighted by atomic mass is 9.91. The van der Waals surface area contributed by atoms with Gasteiger partial charge in [0, 0.05) is 23.3 Å². The van der Waals surface area contributed by atoms with E-state index in [1.807, 2.05) is 24.3 Å². The zero-order valence-corrected chi connectivity index (χ0v) is 14.7. The molecule has 2 aromatic carbocycles. The molecule has 3 N–H and O–H groups in total. The molecule has 0 saturated carbocycles. The largest absolute Gasteiger partial charge is 0.481 e. The average molecular weight is 357 g/mol. The fourth-order valence-corrected chi connectivity index (χ4v) is 5.09. The summed E-state index contributed by atoms with van der Waals surface area (Å²) in [6.07, 6.45) is 1.67. The molecular weight excluding hydrogens is 337 g/mol. The molecule has 3 rings (SSSR count). The molecule has 0 spiro atoms. The van der Waals surface area contributed by atoms with Crippen LogP contribution in [-0.2, 0) is 9.36 Å². The Balaban J connectivity index is 2.25. The van der Waals surface area contributed by atoms with Crippen molar-refractivity contribution in [3.05, 3.63) is 71.9 Å².